The molecule has 138 valence electrons. The second kappa shape index (κ2) is 8.37. The predicted octanol–water partition coefficient (Wildman–Crippen LogP) is 8.51. The molecule has 0 aliphatic carbocycles. The third-order valence-corrected chi connectivity index (χ3v) is 6.96. The summed E-state index contributed by atoms with van der Waals surface area (Å²) < 4.78 is 2.56. The number of benzene rings is 4. The van der Waals surface area contributed by atoms with E-state index in [1.54, 1.807) is 0 Å². The Hall–Kier alpha value is -1.66. The maximum atomic E-state index is 2.46. The number of halogens is 2. The molecule has 28 heavy (non-hydrogen) atoms. The first kappa shape index (κ1) is 19.6. The van der Waals surface area contributed by atoms with Crippen LogP contribution in [0.2, 0.25) is 0 Å². The van der Waals surface area contributed by atoms with E-state index in [-0.39, 0.29) is 0 Å². The van der Waals surface area contributed by atoms with Gasteiger partial charge in [0.25, 0.3) is 0 Å². The van der Waals surface area contributed by atoms with Crippen molar-refractivity contribution < 1.29 is 0 Å². The Labute approximate surface area is 194 Å². The summed E-state index contributed by atoms with van der Waals surface area (Å²) in [5.74, 6) is 0. The largest absolute Gasteiger partial charge is 0.0616 e. The predicted molar refractivity (Wildman–Crippen MR) is 138 cm³/mol. The van der Waals surface area contributed by atoms with E-state index < -0.39 is 0 Å². The molecule has 0 N–H and O–H groups in total. The van der Waals surface area contributed by atoms with Gasteiger partial charge in [-0.2, -0.15) is 0 Å². The van der Waals surface area contributed by atoms with Crippen molar-refractivity contribution >= 4 is 45.2 Å². The Kier molecular flexibility index (Phi) is 5.88. The molecule has 4 aromatic rings. The normalized spacial score (nSPS) is 10.9. The lowest BCUT2D eigenvalue weighted by molar-refractivity contribution is 1.42. The maximum Gasteiger partial charge on any atom is 0.0211 e. The van der Waals surface area contributed by atoms with Gasteiger partial charge < -0.3 is 0 Å². The van der Waals surface area contributed by atoms with Gasteiger partial charge in [-0.25, -0.2) is 0 Å². The molecular weight excluding hydrogens is 566 g/mol. The standard InChI is InChI=1S/C26H20I2/c1-17-9-7-14-20(25(17)22-13-5-6-15-23(22)27)19-11-3-4-12-21(19)26-18(2)10-8-16-24(26)28/h3-16H,1-2H3. The van der Waals surface area contributed by atoms with Crippen molar-refractivity contribution in [2.45, 2.75) is 13.8 Å². The van der Waals surface area contributed by atoms with E-state index in [1.807, 2.05) is 0 Å². The minimum absolute atomic E-state index is 1.28. The SMILES string of the molecule is Cc1cccc(I)c1-c1ccccc1-c1cccc(C)c1-c1ccccc1I. The smallest absolute Gasteiger partial charge is 0.0211 e. The van der Waals surface area contributed by atoms with Crippen LogP contribution in [0.15, 0.2) is 84.9 Å². The van der Waals surface area contributed by atoms with Crippen molar-refractivity contribution in [1.29, 1.82) is 0 Å². The number of rotatable bonds is 3. The zero-order valence-corrected chi connectivity index (χ0v) is 20.2. The molecule has 0 unspecified atom stereocenters. The molecule has 0 atom stereocenters. The first-order valence-electron chi connectivity index (χ1n) is 9.27. The molecule has 4 aromatic carbocycles. The summed E-state index contributed by atoms with van der Waals surface area (Å²) in [6, 6.07) is 30.6. The van der Waals surface area contributed by atoms with Crippen LogP contribution in [0.3, 0.4) is 0 Å². The molecule has 0 bridgehead atoms. The molecule has 0 saturated carbocycles. The molecule has 4 rings (SSSR count). The van der Waals surface area contributed by atoms with Crippen LogP contribution in [-0.2, 0) is 0 Å². The molecule has 0 spiro atoms. The number of hydrogen-bond acceptors (Lipinski definition) is 0. The van der Waals surface area contributed by atoms with Crippen LogP contribution >= 0.6 is 45.2 Å². The van der Waals surface area contributed by atoms with Gasteiger partial charge in [-0.3, -0.25) is 0 Å². The third-order valence-electron chi connectivity index (χ3n) is 5.12. The van der Waals surface area contributed by atoms with E-state index in [4.69, 9.17) is 0 Å². The van der Waals surface area contributed by atoms with Crippen LogP contribution in [0.25, 0.3) is 33.4 Å². The minimum atomic E-state index is 1.28. The van der Waals surface area contributed by atoms with E-state index in [0.29, 0.717) is 0 Å². The van der Waals surface area contributed by atoms with Crippen molar-refractivity contribution in [3.63, 3.8) is 0 Å². The van der Waals surface area contributed by atoms with Crippen LogP contribution < -0.4 is 0 Å². The first-order valence-corrected chi connectivity index (χ1v) is 11.4. The van der Waals surface area contributed by atoms with Crippen molar-refractivity contribution in [1.82, 2.24) is 0 Å². The Morgan fingerprint density at radius 3 is 1.61 bits per heavy atom. The summed E-state index contributed by atoms with van der Waals surface area (Å²) in [5.41, 5.74) is 10.4. The van der Waals surface area contributed by atoms with E-state index in [2.05, 4.69) is 144 Å². The lowest BCUT2D eigenvalue weighted by Crippen LogP contribution is -1.95. The van der Waals surface area contributed by atoms with Gasteiger partial charge in [0.2, 0.25) is 0 Å². The fourth-order valence-electron chi connectivity index (χ4n) is 3.82. The number of hydrogen-bond donors (Lipinski definition) is 0. The van der Waals surface area contributed by atoms with Gasteiger partial charge in [0.05, 0.1) is 0 Å². The monoisotopic (exact) mass is 586 g/mol. The van der Waals surface area contributed by atoms with Crippen LogP contribution in [0.1, 0.15) is 11.1 Å². The first-order chi connectivity index (χ1) is 13.6. The van der Waals surface area contributed by atoms with Gasteiger partial charge in [0.15, 0.2) is 0 Å². The van der Waals surface area contributed by atoms with Gasteiger partial charge >= 0.3 is 0 Å². The van der Waals surface area contributed by atoms with Crippen LogP contribution in [0, 0.1) is 21.0 Å². The van der Waals surface area contributed by atoms with Gasteiger partial charge in [0, 0.05) is 7.14 Å². The zero-order valence-electron chi connectivity index (χ0n) is 15.8. The van der Waals surface area contributed by atoms with Crippen molar-refractivity contribution in [2.75, 3.05) is 0 Å². The Morgan fingerprint density at radius 1 is 0.429 bits per heavy atom. The van der Waals surface area contributed by atoms with Gasteiger partial charge in [-0.05, 0) is 116 Å². The summed E-state index contributed by atoms with van der Waals surface area (Å²) in [6.07, 6.45) is 0. The molecule has 0 aromatic heterocycles. The molecule has 0 aliphatic rings. The highest BCUT2D eigenvalue weighted by Crippen LogP contribution is 2.42. The van der Waals surface area contributed by atoms with Crippen molar-refractivity contribution in [3.05, 3.63) is 103 Å². The Morgan fingerprint density at radius 2 is 0.929 bits per heavy atom. The van der Waals surface area contributed by atoms with Gasteiger partial charge in [-0.1, -0.05) is 72.8 Å². The van der Waals surface area contributed by atoms with E-state index >= 15 is 0 Å². The molecule has 0 fully saturated rings. The molecule has 0 amide bonds. The average molecular weight is 586 g/mol. The Bertz CT molecular complexity index is 1140. The highest BCUT2D eigenvalue weighted by molar-refractivity contribution is 14.1. The zero-order chi connectivity index (χ0) is 19.7. The second-order valence-electron chi connectivity index (χ2n) is 6.95. The molecule has 0 aliphatic heterocycles. The van der Waals surface area contributed by atoms with E-state index in [1.165, 1.54) is 51.6 Å². The number of aryl methyl sites for hydroxylation is 2. The van der Waals surface area contributed by atoms with E-state index in [9.17, 15) is 0 Å². The minimum Gasteiger partial charge on any atom is -0.0616 e. The van der Waals surface area contributed by atoms with E-state index in [0.717, 1.165) is 0 Å². The summed E-state index contributed by atoms with van der Waals surface area (Å²) >= 11 is 4.90. The highest BCUT2D eigenvalue weighted by atomic mass is 127. The van der Waals surface area contributed by atoms with Crippen LogP contribution in [-0.4, -0.2) is 0 Å². The van der Waals surface area contributed by atoms with Crippen molar-refractivity contribution in [2.24, 2.45) is 0 Å². The lowest BCUT2D eigenvalue weighted by Gasteiger charge is -2.19. The van der Waals surface area contributed by atoms with Gasteiger partial charge in [0.1, 0.15) is 0 Å². The van der Waals surface area contributed by atoms with Crippen LogP contribution in [0.5, 0.6) is 0 Å². The maximum absolute atomic E-state index is 2.46. The molecule has 0 radical (unpaired) electrons. The second-order valence-corrected chi connectivity index (χ2v) is 9.28. The molecule has 0 saturated heterocycles. The summed E-state index contributed by atoms with van der Waals surface area (Å²) in [5, 5.41) is 0. The summed E-state index contributed by atoms with van der Waals surface area (Å²) in [7, 11) is 0. The average Bonchev–Trinajstić information content (AvgIpc) is 2.69. The fourth-order valence-corrected chi connectivity index (χ4v) is 5.40. The van der Waals surface area contributed by atoms with Gasteiger partial charge in [-0.15, -0.1) is 0 Å². The van der Waals surface area contributed by atoms with Crippen LogP contribution in [0.4, 0.5) is 0 Å². The molecular formula is C26H20I2. The molecule has 0 nitrogen and oxygen atoms in total. The summed E-state index contributed by atoms with van der Waals surface area (Å²) in [6.45, 7) is 4.41. The molecule has 0 heterocycles. The third kappa shape index (κ3) is 3.64. The topological polar surface area (TPSA) is 0 Å². The Balaban J connectivity index is 2.04. The highest BCUT2D eigenvalue weighted by Gasteiger charge is 2.17. The summed E-state index contributed by atoms with van der Waals surface area (Å²) in [4.78, 5) is 0. The molecule has 2 heteroatoms. The fraction of sp³-hybridized carbons (Fsp3) is 0.0769. The van der Waals surface area contributed by atoms with Crippen molar-refractivity contribution in [3.8, 4) is 33.4 Å². The quantitative estimate of drug-likeness (QED) is 0.211. The lowest BCUT2D eigenvalue weighted by atomic mass is 9.86.